The number of rotatable bonds is 9. The topological polar surface area (TPSA) is 163 Å². The van der Waals surface area contributed by atoms with Crippen molar-refractivity contribution in [1.82, 2.24) is 29.8 Å². The molecule has 14 heteroatoms. The highest BCUT2D eigenvalue weighted by Crippen LogP contribution is 2.38. The number of carbonyl (C=O) groups is 1. The molecule has 1 amide bonds. The fraction of sp³-hybridized carbons (Fsp3) is 0.438. The lowest BCUT2D eigenvalue weighted by Gasteiger charge is -2.34. The van der Waals surface area contributed by atoms with E-state index >= 15 is 0 Å². The zero-order valence-corrected chi connectivity index (χ0v) is 27.2. The largest absolute Gasteiger partial charge is 0.495 e. The Morgan fingerprint density at radius 2 is 1.85 bits per heavy atom. The number of β-amino-alcohol motifs (C(OH)–C–C–N with tert-alkyl or cyclic N) is 1. The molecule has 2 atom stereocenters. The van der Waals surface area contributed by atoms with Gasteiger partial charge in [0.2, 0.25) is 17.8 Å². The monoisotopic (exact) mass is 648 g/mol. The van der Waals surface area contributed by atoms with Crippen LogP contribution >= 0.6 is 0 Å². The van der Waals surface area contributed by atoms with E-state index in [0.29, 0.717) is 54.8 Å². The molecule has 46 heavy (non-hydrogen) atoms. The molecule has 2 saturated heterocycles. The number of nitrogens with zero attached hydrogens (tertiary/aromatic N) is 5. The van der Waals surface area contributed by atoms with Gasteiger partial charge < -0.3 is 30.7 Å². The summed E-state index contributed by atoms with van der Waals surface area (Å²) in [6.45, 7) is 7.14. The Morgan fingerprint density at radius 1 is 1.09 bits per heavy atom. The Hall–Kier alpha value is -4.27. The minimum Gasteiger partial charge on any atom is -0.495 e. The molecule has 0 aliphatic carbocycles. The average Bonchev–Trinajstić information content (AvgIpc) is 3.70. The molecule has 13 nitrogen and oxygen atoms in total. The number of aliphatic hydroxyl groups is 1. The molecule has 2 aliphatic heterocycles. The summed E-state index contributed by atoms with van der Waals surface area (Å²) in [5, 5.41) is 23.1. The molecule has 0 spiro atoms. The van der Waals surface area contributed by atoms with E-state index in [-0.39, 0.29) is 28.7 Å². The number of piperidine rings is 1. The molecule has 4 aromatic rings. The molecule has 4 N–H and O–H groups in total. The smallest absolute Gasteiger partial charge is 0.239 e. The number of ether oxygens (including phenoxy) is 1. The van der Waals surface area contributed by atoms with E-state index in [1.54, 1.807) is 57.5 Å². The number of methoxy groups -OCH3 is 1. The standard InChI is InChI=1S/C32H40N8O5S/c1-19(2)46(43,44)28-8-6-5-7-24(28)36-32-38-31(37-29-9-12-34-40(29)32)35-25-15-20(3)23(17-27(25)45-4)21-10-13-39(14-11-21)30(42)26-16-22(41)18-33-26/h5-9,12,15,17,19,21-22,26,33,41H,10-11,13-14,16,18H2,1-4H3,(H2,35,36,37,38)/t22-,26+/m1/s1. The number of carbonyl (C=O) groups excluding carboxylic acids is 1. The number of benzene rings is 2. The summed E-state index contributed by atoms with van der Waals surface area (Å²) in [4.78, 5) is 24.3. The maximum absolute atomic E-state index is 13.1. The third kappa shape index (κ3) is 6.24. The van der Waals surface area contributed by atoms with Crippen LogP contribution < -0.4 is 20.7 Å². The van der Waals surface area contributed by atoms with Crippen LogP contribution in [0, 0.1) is 6.92 Å². The Bertz CT molecular complexity index is 1850. The van der Waals surface area contributed by atoms with Crippen molar-refractivity contribution in [2.24, 2.45) is 0 Å². The predicted octanol–water partition coefficient (Wildman–Crippen LogP) is 3.54. The second kappa shape index (κ2) is 12.9. The highest BCUT2D eigenvalue weighted by molar-refractivity contribution is 7.92. The zero-order chi connectivity index (χ0) is 32.6. The van der Waals surface area contributed by atoms with Crippen molar-refractivity contribution in [2.45, 2.75) is 68.2 Å². The Kier molecular flexibility index (Phi) is 8.86. The van der Waals surface area contributed by atoms with E-state index in [0.717, 1.165) is 18.4 Å². The van der Waals surface area contributed by atoms with Crippen LogP contribution in [0.25, 0.3) is 5.65 Å². The van der Waals surface area contributed by atoms with Crippen LogP contribution in [0.1, 0.15) is 50.2 Å². The molecule has 6 rings (SSSR count). The minimum atomic E-state index is -3.57. The molecule has 0 unspecified atom stereocenters. The third-order valence-corrected chi connectivity index (χ3v) is 11.0. The fourth-order valence-electron chi connectivity index (χ4n) is 6.22. The van der Waals surface area contributed by atoms with E-state index < -0.39 is 21.2 Å². The number of anilines is 4. The van der Waals surface area contributed by atoms with Crippen molar-refractivity contribution < 1.29 is 23.1 Å². The lowest BCUT2D eigenvalue weighted by Crippen LogP contribution is -2.46. The summed E-state index contributed by atoms with van der Waals surface area (Å²) in [5.74, 6) is 1.54. The van der Waals surface area contributed by atoms with E-state index in [4.69, 9.17) is 4.74 Å². The van der Waals surface area contributed by atoms with Crippen molar-refractivity contribution in [1.29, 1.82) is 0 Å². The van der Waals surface area contributed by atoms with Crippen molar-refractivity contribution >= 4 is 44.7 Å². The summed E-state index contributed by atoms with van der Waals surface area (Å²) in [7, 11) is -1.95. The van der Waals surface area contributed by atoms with Gasteiger partial charge in [0.15, 0.2) is 15.5 Å². The summed E-state index contributed by atoms with van der Waals surface area (Å²) in [6, 6.07) is 12.2. The first-order chi connectivity index (χ1) is 22.0. The molecule has 4 heterocycles. The number of hydrogen-bond donors (Lipinski definition) is 4. The van der Waals surface area contributed by atoms with Crippen LogP contribution in [-0.4, -0.2) is 88.1 Å². The average molecular weight is 649 g/mol. The highest BCUT2D eigenvalue weighted by atomic mass is 32.2. The number of para-hydroxylation sites is 1. The van der Waals surface area contributed by atoms with Gasteiger partial charge in [0.05, 0.1) is 47.0 Å². The lowest BCUT2D eigenvalue weighted by atomic mass is 9.86. The van der Waals surface area contributed by atoms with E-state index in [1.165, 1.54) is 10.1 Å². The molecule has 2 aromatic heterocycles. The lowest BCUT2D eigenvalue weighted by molar-refractivity contribution is -0.134. The van der Waals surface area contributed by atoms with Gasteiger partial charge in [-0.25, -0.2) is 8.42 Å². The number of amides is 1. The number of fused-ring (bicyclic) bond motifs is 1. The van der Waals surface area contributed by atoms with Gasteiger partial charge in [0.25, 0.3) is 0 Å². The molecule has 2 aliphatic rings. The number of sulfone groups is 1. The first kappa shape index (κ1) is 31.7. The number of aromatic nitrogens is 4. The third-order valence-electron chi connectivity index (χ3n) is 8.80. The van der Waals surface area contributed by atoms with Gasteiger partial charge in [0, 0.05) is 25.7 Å². The van der Waals surface area contributed by atoms with Crippen LogP contribution in [0.2, 0.25) is 0 Å². The molecule has 244 valence electrons. The molecular formula is C32H40N8O5S. The second-order valence-electron chi connectivity index (χ2n) is 12.2. The van der Waals surface area contributed by atoms with Crippen molar-refractivity contribution in [3.05, 3.63) is 59.8 Å². The van der Waals surface area contributed by atoms with E-state index in [1.807, 2.05) is 17.0 Å². The number of aryl methyl sites for hydroxylation is 1. The molecule has 2 aromatic carbocycles. The molecular weight excluding hydrogens is 608 g/mol. The van der Waals surface area contributed by atoms with Crippen molar-refractivity contribution in [2.75, 3.05) is 37.4 Å². The predicted molar refractivity (Wildman–Crippen MR) is 175 cm³/mol. The molecule has 0 bridgehead atoms. The van der Waals surface area contributed by atoms with Crippen LogP contribution in [0.3, 0.4) is 0 Å². The summed E-state index contributed by atoms with van der Waals surface area (Å²) < 4.78 is 33.5. The fourth-order valence-corrected chi connectivity index (χ4v) is 7.42. The van der Waals surface area contributed by atoms with Crippen LogP contribution in [0.15, 0.2) is 53.6 Å². The molecule has 2 fully saturated rings. The summed E-state index contributed by atoms with van der Waals surface area (Å²) in [5.41, 5.74) is 3.83. The number of nitrogens with one attached hydrogen (secondary N) is 3. The zero-order valence-electron chi connectivity index (χ0n) is 26.4. The Labute approximate surface area is 268 Å². The normalized spacial score (nSPS) is 19.1. The highest BCUT2D eigenvalue weighted by Gasteiger charge is 2.34. The first-order valence-electron chi connectivity index (χ1n) is 15.5. The number of aliphatic hydroxyl groups excluding tert-OH is 1. The van der Waals surface area contributed by atoms with E-state index in [9.17, 15) is 18.3 Å². The van der Waals surface area contributed by atoms with Crippen LogP contribution in [-0.2, 0) is 14.6 Å². The summed E-state index contributed by atoms with van der Waals surface area (Å²) in [6.07, 6.45) is 3.27. The second-order valence-corrected chi connectivity index (χ2v) is 14.6. The van der Waals surface area contributed by atoms with Crippen molar-refractivity contribution in [3.63, 3.8) is 0 Å². The number of hydrogen-bond acceptors (Lipinski definition) is 11. The van der Waals surface area contributed by atoms with Gasteiger partial charge >= 0.3 is 0 Å². The van der Waals surface area contributed by atoms with Gasteiger partial charge in [-0.15, -0.1) is 0 Å². The van der Waals surface area contributed by atoms with Crippen molar-refractivity contribution in [3.8, 4) is 5.75 Å². The van der Waals surface area contributed by atoms with Crippen LogP contribution in [0.5, 0.6) is 5.75 Å². The van der Waals surface area contributed by atoms with Gasteiger partial charge in [-0.2, -0.15) is 19.6 Å². The van der Waals surface area contributed by atoms with Gasteiger partial charge in [-0.1, -0.05) is 12.1 Å². The van der Waals surface area contributed by atoms with Gasteiger partial charge in [0.1, 0.15) is 5.75 Å². The van der Waals surface area contributed by atoms with Gasteiger partial charge in [-0.05, 0) is 81.3 Å². The molecule has 0 radical (unpaired) electrons. The minimum absolute atomic E-state index is 0.0675. The maximum Gasteiger partial charge on any atom is 0.239 e. The Morgan fingerprint density at radius 3 is 2.54 bits per heavy atom. The first-order valence-corrected chi connectivity index (χ1v) is 17.1. The van der Waals surface area contributed by atoms with Crippen LogP contribution in [0.4, 0.5) is 23.3 Å². The quantitative estimate of drug-likeness (QED) is 0.210. The maximum atomic E-state index is 13.1. The SMILES string of the molecule is COc1cc(C2CCN(C(=O)[C@@H]3C[C@@H](O)CN3)CC2)c(C)cc1Nc1nc(Nc2ccccc2S(=O)(=O)C(C)C)n2nccc2n1. The molecule has 0 saturated carbocycles. The Balaban J connectivity index is 1.23. The number of likely N-dealkylation sites (tertiary alicyclic amines) is 1. The summed E-state index contributed by atoms with van der Waals surface area (Å²) >= 11 is 0. The van der Waals surface area contributed by atoms with Gasteiger partial charge in [-0.3, -0.25) is 4.79 Å². The van der Waals surface area contributed by atoms with E-state index in [2.05, 4.69) is 37.9 Å².